The summed E-state index contributed by atoms with van der Waals surface area (Å²) in [6.45, 7) is 1.36. The van der Waals surface area contributed by atoms with Crippen molar-refractivity contribution in [2.75, 3.05) is 6.61 Å². The molecule has 3 heteroatoms. The Hall–Kier alpha value is -0.130. The maximum Gasteiger partial charge on any atom is 0.0731 e. The van der Waals surface area contributed by atoms with Gasteiger partial charge in [0, 0.05) is 3.57 Å². The van der Waals surface area contributed by atoms with Crippen LogP contribution in [0.3, 0.4) is 0 Å². The first-order valence-electron chi connectivity index (χ1n) is 3.89. The summed E-state index contributed by atoms with van der Waals surface area (Å²) in [5.74, 6) is 0. The SMILES string of the molecule is N[C@H]1COCc2c(I)cccc21. The highest BCUT2D eigenvalue weighted by molar-refractivity contribution is 14.1. The number of fused-ring (bicyclic) bond motifs is 1. The number of halogens is 1. The van der Waals surface area contributed by atoms with E-state index in [9.17, 15) is 0 Å². The van der Waals surface area contributed by atoms with E-state index in [1.807, 2.05) is 6.07 Å². The first-order valence-corrected chi connectivity index (χ1v) is 4.97. The van der Waals surface area contributed by atoms with Gasteiger partial charge in [0.2, 0.25) is 0 Å². The highest BCUT2D eigenvalue weighted by Crippen LogP contribution is 2.26. The summed E-state index contributed by atoms with van der Waals surface area (Å²) < 4.78 is 6.61. The monoisotopic (exact) mass is 275 g/mol. The van der Waals surface area contributed by atoms with Crippen molar-refractivity contribution in [1.82, 2.24) is 0 Å². The van der Waals surface area contributed by atoms with Gasteiger partial charge in [0.15, 0.2) is 0 Å². The standard InChI is InChI=1S/C9H10INO/c10-8-3-1-2-6-7(8)4-12-5-9(6)11/h1-3,9H,4-5,11H2/t9-/m0/s1. The van der Waals surface area contributed by atoms with Gasteiger partial charge < -0.3 is 10.5 Å². The topological polar surface area (TPSA) is 35.2 Å². The molecule has 1 aliphatic heterocycles. The van der Waals surface area contributed by atoms with Crippen molar-refractivity contribution in [3.05, 3.63) is 32.9 Å². The number of rotatable bonds is 0. The highest BCUT2D eigenvalue weighted by Gasteiger charge is 2.18. The summed E-state index contributed by atoms with van der Waals surface area (Å²) in [4.78, 5) is 0. The van der Waals surface area contributed by atoms with Crippen LogP contribution in [0.25, 0.3) is 0 Å². The fourth-order valence-corrected chi connectivity index (χ4v) is 2.13. The van der Waals surface area contributed by atoms with Crippen molar-refractivity contribution in [1.29, 1.82) is 0 Å². The number of benzene rings is 1. The lowest BCUT2D eigenvalue weighted by atomic mass is 10.0. The fraction of sp³-hybridized carbons (Fsp3) is 0.333. The minimum absolute atomic E-state index is 0.0588. The Labute approximate surface area is 85.2 Å². The largest absolute Gasteiger partial charge is 0.375 e. The third-order valence-electron chi connectivity index (χ3n) is 2.10. The third-order valence-corrected chi connectivity index (χ3v) is 3.11. The zero-order chi connectivity index (χ0) is 8.55. The zero-order valence-electron chi connectivity index (χ0n) is 6.59. The molecule has 0 aliphatic carbocycles. The van der Waals surface area contributed by atoms with Gasteiger partial charge in [0.05, 0.1) is 19.3 Å². The molecule has 0 aromatic heterocycles. The molecule has 0 saturated carbocycles. The molecule has 0 fully saturated rings. The maximum atomic E-state index is 5.89. The summed E-state index contributed by atoms with van der Waals surface area (Å²) >= 11 is 2.32. The highest BCUT2D eigenvalue weighted by atomic mass is 127. The number of ether oxygens (including phenoxy) is 1. The molecule has 1 atom stereocenters. The molecule has 2 rings (SSSR count). The molecule has 64 valence electrons. The van der Waals surface area contributed by atoms with E-state index in [4.69, 9.17) is 10.5 Å². The van der Waals surface area contributed by atoms with E-state index in [0.29, 0.717) is 13.2 Å². The van der Waals surface area contributed by atoms with Crippen LogP contribution >= 0.6 is 22.6 Å². The first-order chi connectivity index (χ1) is 5.79. The summed E-state index contributed by atoms with van der Waals surface area (Å²) in [6, 6.07) is 6.28. The van der Waals surface area contributed by atoms with Crippen LogP contribution in [0.2, 0.25) is 0 Å². The molecular weight excluding hydrogens is 265 g/mol. The summed E-state index contributed by atoms with van der Waals surface area (Å²) in [5.41, 5.74) is 8.39. The lowest BCUT2D eigenvalue weighted by molar-refractivity contribution is 0.0918. The maximum absolute atomic E-state index is 5.89. The molecule has 0 saturated heterocycles. The van der Waals surface area contributed by atoms with Crippen molar-refractivity contribution in [3.63, 3.8) is 0 Å². The van der Waals surface area contributed by atoms with Crippen LogP contribution in [0, 0.1) is 3.57 Å². The number of nitrogens with two attached hydrogens (primary N) is 1. The second-order valence-corrected chi connectivity index (χ2v) is 4.09. The second-order valence-electron chi connectivity index (χ2n) is 2.93. The second kappa shape index (κ2) is 3.32. The minimum Gasteiger partial charge on any atom is -0.375 e. The Morgan fingerprint density at radius 3 is 3.08 bits per heavy atom. The molecule has 0 spiro atoms. The fourth-order valence-electron chi connectivity index (χ4n) is 1.45. The molecule has 2 N–H and O–H groups in total. The third kappa shape index (κ3) is 1.36. The quantitative estimate of drug-likeness (QED) is 0.733. The lowest BCUT2D eigenvalue weighted by Gasteiger charge is -2.23. The normalized spacial score (nSPS) is 22.0. The summed E-state index contributed by atoms with van der Waals surface area (Å²) in [6.07, 6.45) is 0. The first kappa shape index (κ1) is 8.47. The van der Waals surface area contributed by atoms with Crippen molar-refractivity contribution >= 4 is 22.6 Å². The van der Waals surface area contributed by atoms with Crippen LogP contribution in [-0.2, 0) is 11.3 Å². The van der Waals surface area contributed by atoms with Gasteiger partial charge in [-0.15, -0.1) is 0 Å². The number of hydrogen-bond donors (Lipinski definition) is 1. The molecule has 1 aromatic rings. The van der Waals surface area contributed by atoms with Crippen LogP contribution in [0.4, 0.5) is 0 Å². The molecular formula is C9H10INO. The predicted octanol–water partition coefficient (Wildman–Crippen LogP) is 1.82. The summed E-state index contributed by atoms with van der Waals surface area (Å²) in [7, 11) is 0. The van der Waals surface area contributed by atoms with Gasteiger partial charge in [0.1, 0.15) is 0 Å². The molecule has 1 aliphatic rings. The van der Waals surface area contributed by atoms with Crippen molar-refractivity contribution < 1.29 is 4.74 Å². The predicted molar refractivity (Wildman–Crippen MR) is 55.7 cm³/mol. The van der Waals surface area contributed by atoms with E-state index in [1.165, 1.54) is 14.7 Å². The van der Waals surface area contributed by atoms with E-state index in [0.717, 1.165) is 0 Å². The molecule has 0 amide bonds. The van der Waals surface area contributed by atoms with Gasteiger partial charge >= 0.3 is 0 Å². The van der Waals surface area contributed by atoms with E-state index in [1.54, 1.807) is 0 Å². The molecule has 0 bridgehead atoms. The minimum atomic E-state index is 0.0588. The van der Waals surface area contributed by atoms with Crippen LogP contribution in [0.5, 0.6) is 0 Å². The molecule has 12 heavy (non-hydrogen) atoms. The van der Waals surface area contributed by atoms with Crippen LogP contribution in [0.15, 0.2) is 18.2 Å². The van der Waals surface area contributed by atoms with E-state index in [-0.39, 0.29) is 6.04 Å². The van der Waals surface area contributed by atoms with Crippen molar-refractivity contribution in [2.45, 2.75) is 12.6 Å². The Balaban J connectivity index is 2.52. The van der Waals surface area contributed by atoms with Gasteiger partial charge in [-0.25, -0.2) is 0 Å². The van der Waals surface area contributed by atoms with Crippen LogP contribution in [0.1, 0.15) is 17.2 Å². The molecule has 0 unspecified atom stereocenters. The lowest BCUT2D eigenvalue weighted by Crippen LogP contribution is -2.24. The Morgan fingerprint density at radius 2 is 2.33 bits per heavy atom. The Bertz CT molecular complexity index is 301. The summed E-state index contributed by atoms with van der Waals surface area (Å²) in [5, 5.41) is 0. The smallest absolute Gasteiger partial charge is 0.0731 e. The van der Waals surface area contributed by atoms with Crippen LogP contribution in [-0.4, -0.2) is 6.61 Å². The van der Waals surface area contributed by atoms with Gasteiger partial charge in [-0.2, -0.15) is 0 Å². The molecule has 1 heterocycles. The molecule has 0 radical (unpaired) electrons. The Morgan fingerprint density at radius 1 is 1.50 bits per heavy atom. The van der Waals surface area contributed by atoms with E-state index < -0.39 is 0 Å². The molecule has 2 nitrogen and oxygen atoms in total. The van der Waals surface area contributed by atoms with Gasteiger partial charge in [-0.3, -0.25) is 0 Å². The van der Waals surface area contributed by atoms with Crippen molar-refractivity contribution in [2.24, 2.45) is 5.73 Å². The average molecular weight is 275 g/mol. The zero-order valence-corrected chi connectivity index (χ0v) is 8.74. The van der Waals surface area contributed by atoms with Crippen molar-refractivity contribution in [3.8, 4) is 0 Å². The van der Waals surface area contributed by atoms with Crippen LogP contribution < -0.4 is 5.73 Å². The van der Waals surface area contributed by atoms with Gasteiger partial charge in [-0.1, -0.05) is 12.1 Å². The Kier molecular flexibility index (Phi) is 2.34. The molecule has 1 aromatic carbocycles. The number of hydrogen-bond acceptors (Lipinski definition) is 2. The van der Waals surface area contributed by atoms with E-state index in [2.05, 4.69) is 34.7 Å². The van der Waals surface area contributed by atoms with Gasteiger partial charge in [-0.05, 0) is 39.8 Å². The average Bonchev–Trinajstić information content (AvgIpc) is 2.07. The van der Waals surface area contributed by atoms with E-state index >= 15 is 0 Å². The van der Waals surface area contributed by atoms with Gasteiger partial charge in [0.25, 0.3) is 0 Å².